The van der Waals surface area contributed by atoms with E-state index in [0.717, 1.165) is 25.7 Å². The van der Waals surface area contributed by atoms with Gasteiger partial charge in [0.1, 0.15) is 17.2 Å². The predicted octanol–water partition coefficient (Wildman–Crippen LogP) is 3.41. The van der Waals surface area contributed by atoms with Crippen molar-refractivity contribution in [2.24, 2.45) is 0 Å². The van der Waals surface area contributed by atoms with E-state index in [0.29, 0.717) is 22.7 Å². The van der Waals surface area contributed by atoms with E-state index < -0.39 is 5.91 Å². The average Bonchev–Trinajstić information content (AvgIpc) is 2.74. The van der Waals surface area contributed by atoms with Gasteiger partial charge in [0.25, 0.3) is 11.8 Å². The van der Waals surface area contributed by atoms with Gasteiger partial charge in [0, 0.05) is 23.9 Å². The zero-order valence-corrected chi connectivity index (χ0v) is 16.2. The second-order valence-electron chi connectivity index (χ2n) is 6.76. The number of rotatable bonds is 6. The molecule has 0 radical (unpaired) electrons. The lowest BCUT2D eigenvalue weighted by atomic mass is 9.95. The van der Waals surface area contributed by atoms with Crippen LogP contribution in [0.4, 0.5) is 5.69 Å². The number of carbonyl (C=O) groups excluding carboxylic acids is 2. The number of benzene rings is 1. The normalized spacial score (nSPS) is 14.2. The molecular weight excluding hydrogens is 358 g/mol. The molecule has 1 aromatic heterocycles. The van der Waals surface area contributed by atoms with Crippen LogP contribution in [0.3, 0.4) is 0 Å². The number of anilines is 1. The summed E-state index contributed by atoms with van der Waals surface area (Å²) in [7, 11) is 3.07. The van der Waals surface area contributed by atoms with Crippen molar-refractivity contribution in [3.63, 3.8) is 0 Å². The molecule has 1 aromatic carbocycles. The highest BCUT2D eigenvalue weighted by molar-refractivity contribution is 6.05. The van der Waals surface area contributed by atoms with Crippen LogP contribution in [-0.4, -0.2) is 37.1 Å². The molecule has 0 saturated heterocycles. The smallest absolute Gasteiger partial charge is 0.274 e. The van der Waals surface area contributed by atoms with E-state index in [1.54, 1.807) is 31.4 Å². The third-order valence-corrected chi connectivity index (χ3v) is 4.85. The van der Waals surface area contributed by atoms with Crippen molar-refractivity contribution in [1.29, 1.82) is 0 Å². The van der Waals surface area contributed by atoms with Gasteiger partial charge in [-0.1, -0.05) is 19.3 Å². The lowest BCUT2D eigenvalue weighted by Crippen LogP contribution is -2.36. The van der Waals surface area contributed by atoms with E-state index in [4.69, 9.17) is 9.47 Å². The fraction of sp³-hybridized carbons (Fsp3) is 0.381. The number of carbonyl (C=O) groups is 2. The first kappa shape index (κ1) is 19.7. The maximum absolute atomic E-state index is 12.6. The molecule has 7 nitrogen and oxygen atoms in total. The Kier molecular flexibility index (Phi) is 6.47. The molecule has 148 valence electrons. The molecule has 1 saturated carbocycles. The van der Waals surface area contributed by atoms with Crippen LogP contribution < -0.4 is 20.1 Å². The van der Waals surface area contributed by atoms with Gasteiger partial charge in [0.2, 0.25) is 0 Å². The number of pyridine rings is 1. The molecule has 2 amide bonds. The summed E-state index contributed by atoms with van der Waals surface area (Å²) in [6, 6.07) is 8.41. The van der Waals surface area contributed by atoms with Gasteiger partial charge in [-0.25, -0.2) is 0 Å². The van der Waals surface area contributed by atoms with Crippen LogP contribution in [0.1, 0.15) is 53.0 Å². The highest BCUT2D eigenvalue weighted by Gasteiger charge is 2.18. The Labute approximate surface area is 164 Å². The standard InChI is InChI=1S/C21H25N3O4/c1-27-16-8-9-17(19(13-16)28-2)24-21(26)18-12-14(10-11-22-18)20(25)23-15-6-4-3-5-7-15/h8-13,15H,3-7H2,1-2H3,(H,23,25)(H,24,26). The molecule has 2 N–H and O–H groups in total. The van der Waals surface area contributed by atoms with Gasteiger partial charge in [-0.2, -0.15) is 0 Å². The summed E-state index contributed by atoms with van der Waals surface area (Å²) in [6.45, 7) is 0. The molecule has 0 atom stereocenters. The summed E-state index contributed by atoms with van der Waals surface area (Å²) < 4.78 is 10.4. The fourth-order valence-electron chi connectivity index (χ4n) is 3.30. The Bertz CT molecular complexity index is 847. The fourth-order valence-corrected chi connectivity index (χ4v) is 3.30. The second-order valence-corrected chi connectivity index (χ2v) is 6.76. The molecule has 1 aliphatic rings. The zero-order valence-electron chi connectivity index (χ0n) is 16.2. The Morgan fingerprint density at radius 2 is 1.79 bits per heavy atom. The van der Waals surface area contributed by atoms with Crippen LogP contribution in [-0.2, 0) is 0 Å². The van der Waals surface area contributed by atoms with E-state index >= 15 is 0 Å². The molecule has 7 heteroatoms. The number of amides is 2. The van der Waals surface area contributed by atoms with E-state index in [2.05, 4.69) is 15.6 Å². The van der Waals surface area contributed by atoms with Gasteiger partial charge in [-0.05, 0) is 37.1 Å². The van der Waals surface area contributed by atoms with E-state index in [1.165, 1.54) is 25.8 Å². The molecule has 1 fully saturated rings. The van der Waals surface area contributed by atoms with E-state index in [9.17, 15) is 9.59 Å². The number of aromatic nitrogens is 1. The zero-order chi connectivity index (χ0) is 19.9. The maximum atomic E-state index is 12.6. The molecule has 0 spiro atoms. The Morgan fingerprint density at radius 3 is 2.50 bits per heavy atom. The highest BCUT2D eigenvalue weighted by atomic mass is 16.5. The quantitative estimate of drug-likeness (QED) is 0.798. The molecule has 1 aliphatic carbocycles. The molecule has 28 heavy (non-hydrogen) atoms. The van der Waals surface area contributed by atoms with Gasteiger partial charge in [-0.15, -0.1) is 0 Å². The largest absolute Gasteiger partial charge is 0.497 e. The summed E-state index contributed by atoms with van der Waals surface area (Å²) in [4.78, 5) is 29.2. The number of nitrogens with one attached hydrogen (secondary N) is 2. The first-order valence-corrected chi connectivity index (χ1v) is 9.41. The first-order chi connectivity index (χ1) is 13.6. The third kappa shape index (κ3) is 4.79. The molecular formula is C21H25N3O4. The van der Waals surface area contributed by atoms with Crippen molar-refractivity contribution in [3.8, 4) is 11.5 Å². The Morgan fingerprint density at radius 1 is 1.00 bits per heavy atom. The van der Waals surface area contributed by atoms with Gasteiger partial charge >= 0.3 is 0 Å². The summed E-state index contributed by atoms with van der Waals surface area (Å²) in [5.74, 6) is 0.495. The van der Waals surface area contributed by atoms with Crippen molar-refractivity contribution >= 4 is 17.5 Å². The van der Waals surface area contributed by atoms with Crippen molar-refractivity contribution in [3.05, 3.63) is 47.8 Å². The number of hydrogen-bond acceptors (Lipinski definition) is 5. The SMILES string of the molecule is COc1ccc(NC(=O)c2cc(C(=O)NC3CCCCC3)ccn2)c(OC)c1. The Balaban J connectivity index is 1.71. The summed E-state index contributed by atoms with van der Waals surface area (Å²) >= 11 is 0. The van der Waals surface area contributed by atoms with Gasteiger partial charge in [0.15, 0.2) is 0 Å². The van der Waals surface area contributed by atoms with Crippen molar-refractivity contribution in [2.75, 3.05) is 19.5 Å². The second kappa shape index (κ2) is 9.21. The van der Waals surface area contributed by atoms with Crippen LogP contribution in [0.5, 0.6) is 11.5 Å². The van der Waals surface area contributed by atoms with E-state index in [1.807, 2.05) is 0 Å². The molecule has 1 heterocycles. The molecule has 0 aliphatic heterocycles. The number of ether oxygens (including phenoxy) is 2. The molecule has 3 rings (SSSR count). The molecule has 0 bridgehead atoms. The van der Waals surface area contributed by atoms with E-state index in [-0.39, 0.29) is 17.6 Å². The van der Waals surface area contributed by atoms with Gasteiger partial charge < -0.3 is 20.1 Å². The third-order valence-electron chi connectivity index (χ3n) is 4.85. The number of nitrogens with zero attached hydrogens (tertiary/aromatic N) is 1. The van der Waals surface area contributed by atoms with Crippen LogP contribution in [0.25, 0.3) is 0 Å². The van der Waals surface area contributed by atoms with Crippen LogP contribution in [0.15, 0.2) is 36.5 Å². The van der Waals surface area contributed by atoms with Crippen molar-refractivity contribution in [2.45, 2.75) is 38.1 Å². The molecule has 0 unspecified atom stereocenters. The minimum absolute atomic E-state index is 0.161. The highest BCUT2D eigenvalue weighted by Crippen LogP contribution is 2.29. The first-order valence-electron chi connectivity index (χ1n) is 9.41. The predicted molar refractivity (Wildman–Crippen MR) is 106 cm³/mol. The van der Waals surface area contributed by atoms with Crippen LogP contribution in [0, 0.1) is 0 Å². The van der Waals surface area contributed by atoms with Gasteiger partial charge in [-0.3, -0.25) is 14.6 Å². The Hall–Kier alpha value is -3.09. The lowest BCUT2D eigenvalue weighted by Gasteiger charge is -2.22. The molecule has 2 aromatic rings. The van der Waals surface area contributed by atoms with Crippen molar-refractivity contribution < 1.29 is 19.1 Å². The number of methoxy groups -OCH3 is 2. The lowest BCUT2D eigenvalue weighted by molar-refractivity contribution is 0.0927. The monoisotopic (exact) mass is 383 g/mol. The topological polar surface area (TPSA) is 89.5 Å². The summed E-state index contributed by atoms with van der Waals surface area (Å²) in [5, 5.41) is 5.81. The minimum atomic E-state index is -0.421. The van der Waals surface area contributed by atoms with Crippen LogP contribution in [0.2, 0.25) is 0 Å². The number of hydrogen-bond donors (Lipinski definition) is 2. The van der Waals surface area contributed by atoms with Crippen molar-refractivity contribution in [1.82, 2.24) is 10.3 Å². The minimum Gasteiger partial charge on any atom is -0.497 e. The van der Waals surface area contributed by atoms with Gasteiger partial charge in [0.05, 0.1) is 19.9 Å². The summed E-state index contributed by atoms with van der Waals surface area (Å²) in [5.41, 5.74) is 1.08. The average molecular weight is 383 g/mol. The van der Waals surface area contributed by atoms with Crippen LogP contribution >= 0.6 is 0 Å². The maximum Gasteiger partial charge on any atom is 0.274 e. The summed E-state index contributed by atoms with van der Waals surface area (Å²) in [6.07, 6.45) is 6.97.